The lowest BCUT2D eigenvalue weighted by Gasteiger charge is -2.11. The average Bonchev–Trinajstić information content (AvgIpc) is 2.89. The van der Waals surface area contributed by atoms with E-state index in [0.717, 1.165) is 5.92 Å². The van der Waals surface area contributed by atoms with Gasteiger partial charge in [-0.15, -0.1) is 0 Å². The summed E-state index contributed by atoms with van der Waals surface area (Å²) in [7, 11) is 4.04. The molecule has 0 saturated heterocycles. The van der Waals surface area contributed by atoms with Crippen LogP contribution in [0.15, 0.2) is 6.20 Å². The van der Waals surface area contributed by atoms with E-state index in [2.05, 4.69) is 17.3 Å². The van der Waals surface area contributed by atoms with Gasteiger partial charge in [0.05, 0.1) is 6.20 Å². The van der Waals surface area contributed by atoms with Crippen molar-refractivity contribution in [3.63, 3.8) is 0 Å². The summed E-state index contributed by atoms with van der Waals surface area (Å²) in [5.41, 5.74) is 2.80. The van der Waals surface area contributed by atoms with Gasteiger partial charge in [-0.1, -0.05) is 0 Å². The lowest BCUT2D eigenvalue weighted by atomic mass is 10.1. The molecule has 1 aromatic heterocycles. The third kappa shape index (κ3) is 1.48. The zero-order valence-corrected chi connectivity index (χ0v) is 8.54. The van der Waals surface area contributed by atoms with Gasteiger partial charge >= 0.3 is 0 Å². The Bertz CT molecular complexity index is 299. The molecule has 1 fully saturated rings. The molecule has 72 valence electrons. The fraction of sp³-hybridized carbons (Fsp3) is 0.700. The van der Waals surface area contributed by atoms with E-state index in [4.69, 9.17) is 0 Å². The molecule has 2 rings (SSSR count). The van der Waals surface area contributed by atoms with Crippen molar-refractivity contribution in [3.8, 4) is 0 Å². The summed E-state index contributed by atoms with van der Waals surface area (Å²) < 4.78 is 2.03. The van der Waals surface area contributed by atoms with Gasteiger partial charge in [-0.05, 0) is 26.8 Å². The highest BCUT2D eigenvalue weighted by atomic mass is 15.3. The van der Waals surface area contributed by atoms with Crippen LogP contribution >= 0.6 is 0 Å². The van der Waals surface area contributed by atoms with Crippen molar-refractivity contribution < 1.29 is 0 Å². The minimum Gasteiger partial charge on any atom is -0.313 e. The summed E-state index contributed by atoms with van der Waals surface area (Å²) in [6.07, 6.45) is 4.67. The molecule has 1 unspecified atom stereocenters. The smallest absolute Gasteiger partial charge is 0.0540 e. The van der Waals surface area contributed by atoms with Gasteiger partial charge in [0.1, 0.15) is 0 Å². The van der Waals surface area contributed by atoms with E-state index in [1.54, 1.807) is 0 Å². The van der Waals surface area contributed by atoms with Crippen molar-refractivity contribution in [2.45, 2.75) is 31.7 Å². The van der Waals surface area contributed by atoms with E-state index in [9.17, 15) is 0 Å². The molecule has 13 heavy (non-hydrogen) atoms. The minimum absolute atomic E-state index is 0.421. The topological polar surface area (TPSA) is 29.9 Å². The van der Waals surface area contributed by atoms with Crippen LogP contribution < -0.4 is 5.32 Å². The summed E-state index contributed by atoms with van der Waals surface area (Å²) >= 11 is 0. The van der Waals surface area contributed by atoms with Crippen LogP contribution in [0.1, 0.15) is 43.0 Å². The van der Waals surface area contributed by atoms with Crippen molar-refractivity contribution in [1.82, 2.24) is 15.1 Å². The normalized spacial score (nSPS) is 19.0. The second-order valence-corrected chi connectivity index (χ2v) is 3.89. The van der Waals surface area contributed by atoms with Gasteiger partial charge < -0.3 is 5.32 Å². The highest BCUT2D eigenvalue weighted by Crippen LogP contribution is 2.42. The first-order valence-corrected chi connectivity index (χ1v) is 4.93. The van der Waals surface area contributed by atoms with Crippen LogP contribution in [0.4, 0.5) is 0 Å². The van der Waals surface area contributed by atoms with E-state index >= 15 is 0 Å². The first kappa shape index (κ1) is 8.75. The molecule has 0 amide bonds. The lowest BCUT2D eigenvalue weighted by Crippen LogP contribution is -2.13. The molecule has 0 spiro atoms. The predicted molar refractivity (Wildman–Crippen MR) is 52.7 cm³/mol. The largest absolute Gasteiger partial charge is 0.313 e. The van der Waals surface area contributed by atoms with Crippen molar-refractivity contribution in [3.05, 3.63) is 17.5 Å². The van der Waals surface area contributed by atoms with Gasteiger partial charge in [-0.3, -0.25) is 4.68 Å². The number of nitrogens with one attached hydrogen (secondary N) is 1. The lowest BCUT2D eigenvalue weighted by molar-refractivity contribution is 0.635. The number of hydrogen-bond acceptors (Lipinski definition) is 2. The standard InChI is InChI=1S/C10H17N3/c1-7(11-2)9-6-12-13(3)10(9)8-4-5-8/h6-8,11H,4-5H2,1-3H3. The van der Waals surface area contributed by atoms with Gasteiger partial charge in [0.25, 0.3) is 0 Å². The number of hydrogen-bond donors (Lipinski definition) is 1. The van der Waals surface area contributed by atoms with E-state index in [1.807, 2.05) is 25.0 Å². The summed E-state index contributed by atoms with van der Waals surface area (Å²) in [5.74, 6) is 0.776. The molecule has 3 nitrogen and oxygen atoms in total. The third-order valence-corrected chi connectivity index (χ3v) is 2.88. The van der Waals surface area contributed by atoms with E-state index in [1.165, 1.54) is 24.1 Å². The number of nitrogens with zero attached hydrogens (tertiary/aromatic N) is 2. The van der Waals surface area contributed by atoms with Crippen molar-refractivity contribution in [2.24, 2.45) is 7.05 Å². The van der Waals surface area contributed by atoms with Crippen LogP contribution in [0.5, 0.6) is 0 Å². The van der Waals surface area contributed by atoms with Crippen LogP contribution in [-0.4, -0.2) is 16.8 Å². The predicted octanol–water partition coefficient (Wildman–Crippen LogP) is 1.58. The van der Waals surface area contributed by atoms with Crippen LogP contribution in [0.25, 0.3) is 0 Å². The third-order valence-electron chi connectivity index (χ3n) is 2.88. The average molecular weight is 179 g/mol. The fourth-order valence-corrected chi connectivity index (χ4v) is 1.81. The van der Waals surface area contributed by atoms with Gasteiger partial charge in [0.2, 0.25) is 0 Å². The molecule has 0 radical (unpaired) electrons. The molecule has 1 atom stereocenters. The maximum atomic E-state index is 4.32. The molecule has 0 bridgehead atoms. The van der Waals surface area contributed by atoms with Crippen molar-refractivity contribution in [2.75, 3.05) is 7.05 Å². The first-order valence-electron chi connectivity index (χ1n) is 4.93. The minimum atomic E-state index is 0.421. The Kier molecular flexibility index (Phi) is 2.12. The molecule has 3 heteroatoms. The summed E-state index contributed by atoms with van der Waals surface area (Å²) in [4.78, 5) is 0. The maximum Gasteiger partial charge on any atom is 0.0540 e. The van der Waals surface area contributed by atoms with E-state index in [0.29, 0.717) is 6.04 Å². The van der Waals surface area contributed by atoms with Gasteiger partial charge in [-0.2, -0.15) is 5.10 Å². The molecule has 1 aromatic rings. The second kappa shape index (κ2) is 3.14. The van der Waals surface area contributed by atoms with Gasteiger partial charge in [0.15, 0.2) is 0 Å². The Morgan fingerprint density at radius 2 is 2.31 bits per heavy atom. The SMILES string of the molecule is CNC(C)c1cnn(C)c1C1CC1. The highest BCUT2D eigenvalue weighted by Gasteiger charge is 2.30. The fourth-order valence-electron chi connectivity index (χ4n) is 1.81. The molecule has 1 heterocycles. The number of aromatic nitrogens is 2. The Hall–Kier alpha value is -0.830. The zero-order chi connectivity index (χ0) is 9.42. The summed E-state index contributed by atoms with van der Waals surface area (Å²) in [6, 6.07) is 0.421. The number of aryl methyl sites for hydroxylation is 1. The van der Waals surface area contributed by atoms with Crippen LogP contribution in [0, 0.1) is 0 Å². The Balaban J connectivity index is 2.33. The number of rotatable bonds is 3. The Labute approximate surface area is 79.1 Å². The summed E-state index contributed by atoms with van der Waals surface area (Å²) in [5, 5.41) is 7.59. The molecular formula is C10H17N3. The van der Waals surface area contributed by atoms with Gasteiger partial charge in [0, 0.05) is 30.3 Å². The van der Waals surface area contributed by atoms with E-state index in [-0.39, 0.29) is 0 Å². The first-order chi connectivity index (χ1) is 6.24. The molecule has 1 aliphatic rings. The summed E-state index contributed by atoms with van der Waals surface area (Å²) in [6.45, 7) is 2.18. The molecular weight excluding hydrogens is 162 g/mol. The Morgan fingerprint density at radius 3 is 2.85 bits per heavy atom. The Morgan fingerprint density at radius 1 is 1.62 bits per heavy atom. The van der Waals surface area contributed by atoms with Crippen molar-refractivity contribution >= 4 is 0 Å². The maximum absolute atomic E-state index is 4.32. The quantitative estimate of drug-likeness (QED) is 0.763. The molecule has 1 saturated carbocycles. The van der Waals surface area contributed by atoms with Gasteiger partial charge in [-0.25, -0.2) is 0 Å². The zero-order valence-electron chi connectivity index (χ0n) is 8.54. The molecule has 1 N–H and O–H groups in total. The molecule has 0 aliphatic heterocycles. The van der Waals surface area contributed by atoms with Crippen LogP contribution in [-0.2, 0) is 7.05 Å². The second-order valence-electron chi connectivity index (χ2n) is 3.89. The van der Waals surface area contributed by atoms with E-state index < -0.39 is 0 Å². The molecule has 0 aromatic carbocycles. The monoisotopic (exact) mass is 179 g/mol. The van der Waals surface area contributed by atoms with Crippen LogP contribution in [0.3, 0.4) is 0 Å². The van der Waals surface area contributed by atoms with Crippen LogP contribution in [0.2, 0.25) is 0 Å². The molecule has 1 aliphatic carbocycles. The van der Waals surface area contributed by atoms with Crippen molar-refractivity contribution in [1.29, 1.82) is 0 Å². The highest BCUT2D eigenvalue weighted by molar-refractivity contribution is 5.28.